The fourth-order valence-corrected chi connectivity index (χ4v) is 4.06. The van der Waals surface area contributed by atoms with Gasteiger partial charge in [0.25, 0.3) is 10.0 Å². The zero-order chi connectivity index (χ0) is 15.2. The van der Waals surface area contributed by atoms with Gasteiger partial charge >= 0.3 is 0 Å². The molecule has 0 fully saturated rings. The highest BCUT2D eigenvalue weighted by Crippen LogP contribution is 2.29. The number of hydrogen-bond donors (Lipinski definition) is 1. The molecule has 114 valence electrons. The summed E-state index contributed by atoms with van der Waals surface area (Å²) in [5.74, 6) is 0.662. The summed E-state index contributed by atoms with van der Waals surface area (Å²) in [5.41, 5.74) is 3.78. The van der Waals surface area contributed by atoms with Crippen LogP contribution in [0.1, 0.15) is 23.2 Å². The Balaban J connectivity index is 1.64. The van der Waals surface area contributed by atoms with E-state index in [9.17, 15) is 8.42 Å². The van der Waals surface area contributed by atoms with Gasteiger partial charge in [0.1, 0.15) is 5.75 Å². The second kappa shape index (κ2) is 4.98. The Morgan fingerprint density at radius 2 is 2.00 bits per heavy atom. The Morgan fingerprint density at radius 3 is 2.91 bits per heavy atom. The molecule has 22 heavy (non-hydrogen) atoms. The van der Waals surface area contributed by atoms with Gasteiger partial charge in [-0.2, -0.15) is 0 Å². The molecule has 0 radical (unpaired) electrons. The van der Waals surface area contributed by atoms with Gasteiger partial charge in [-0.15, -0.1) is 0 Å². The first kappa shape index (κ1) is 13.6. The summed E-state index contributed by atoms with van der Waals surface area (Å²) in [6, 6.07) is 6.91. The molecule has 2 aromatic rings. The predicted octanol–water partition coefficient (Wildman–Crippen LogP) is 2.31. The van der Waals surface area contributed by atoms with Crippen molar-refractivity contribution in [3.05, 3.63) is 47.3 Å². The first-order chi connectivity index (χ1) is 10.6. The van der Waals surface area contributed by atoms with Gasteiger partial charge in [-0.05, 0) is 42.5 Å². The average Bonchev–Trinajstić information content (AvgIpc) is 3.14. The van der Waals surface area contributed by atoms with Crippen LogP contribution in [0, 0.1) is 0 Å². The molecule has 2 aliphatic rings. The van der Waals surface area contributed by atoms with Gasteiger partial charge in [0, 0.05) is 18.2 Å². The van der Waals surface area contributed by atoms with Gasteiger partial charge < -0.3 is 4.74 Å². The third kappa shape index (κ3) is 2.33. The van der Waals surface area contributed by atoms with Crippen molar-refractivity contribution in [3.8, 4) is 5.75 Å². The number of pyridine rings is 1. The van der Waals surface area contributed by atoms with Crippen LogP contribution in [0.15, 0.2) is 35.4 Å². The molecule has 0 amide bonds. The number of sulfonamides is 1. The number of hydrogen-bond acceptors (Lipinski definition) is 4. The molecule has 5 nitrogen and oxygen atoms in total. The van der Waals surface area contributed by atoms with Crippen molar-refractivity contribution < 1.29 is 13.2 Å². The van der Waals surface area contributed by atoms with Crippen molar-refractivity contribution >= 4 is 15.7 Å². The SMILES string of the molecule is O=S(=O)(Nc1cnc2c(c1)CCC2)c1ccc2c(c1)OCC2. The van der Waals surface area contributed by atoms with E-state index >= 15 is 0 Å². The quantitative estimate of drug-likeness (QED) is 0.943. The maximum absolute atomic E-state index is 12.5. The number of ether oxygens (including phenoxy) is 1. The molecule has 6 heteroatoms. The Morgan fingerprint density at radius 1 is 1.09 bits per heavy atom. The molecule has 1 N–H and O–H groups in total. The minimum atomic E-state index is -3.62. The van der Waals surface area contributed by atoms with E-state index in [1.807, 2.05) is 12.1 Å². The van der Waals surface area contributed by atoms with E-state index in [1.165, 1.54) is 0 Å². The average molecular weight is 316 g/mol. The first-order valence-corrected chi connectivity index (χ1v) is 8.86. The summed E-state index contributed by atoms with van der Waals surface area (Å²) >= 11 is 0. The van der Waals surface area contributed by atoms with Gasteiger partial charge in [-0.3, -0.25) is 9.71 Å². The van der Waals surface area contributed by atoms with E-state index in [0.717, 1.165) is 42.5 Å². The molecule has 0 unspecified atom stereocenters. The topological polar surface area (TPSA) is 68.3 Å². The van der Waals surface area contributed by atoms with Crippen LogP contribution in [0.25, 0.3) is 0 Å². The molecule has 1 aliphatic carbocycles. The van der Waals surface area contributed by atoms with Crippen molar-refractivity contribution in [2.45, 2.75) is 30.6 Å². The van der Waals surface area contributed by atoms with Crippen LogP contribution in [0.2, 0.25) is 0 Å². The zero-order valence-electron chi connectivity index (χ0n) is 12.0. The van der Waals surface area contributed by atoms with Crippen molar-refractivity contribution in [2.24, 2.45) is 0 Å². The molecule has 0 saturated carbocycles. The lowest BCUT2D eigenvalue weighted by atomic mass is 10.2. The number of aromatic nitrogens is 1. The van der Waals surface area contributed by atoms with Crippen LogP contribution < -0.4 is 9.46 Å². The maximum Gasteiger partial charge on any atom is 0.262 e. The molecule has 1 aromatic heterocycles. The van der Waals surface area contributed by atoms with Crippen LogP contribution in [0.5, 0.6) is 5.75 Å². The van der Waals surface area contributed by atoms with E-state index in [-0.39, 0.29) is 4.90 Å². The summed E-state index contributed by atoms with van der Waals surface area (Å²) in [5, 5.41) is 0. The van der Waals surface area contributed by atoms with Gasteiger partial charge in [-0.1, -0.05) is 6.07 Å². The van der Waals surface area contributed by atoms with Crippen LogP contribution in [0.3, 0.4) is 0 Å². The van der Waals surface area contributed by atoms with Crippen molar-refractivity contribution in [1.29, 1.82) is 0 Å². The standard InChI is InChI=1S/C16H16N2O3S/c19-22(20,14-5-4-11-6-7-21-16(11)9-14)18-13-8-12-2-1-3-15(12)17-10-13/h4-5,8-10,18H,1-3,6-7H2. The summed E-state index contributed by atoms with van der Waals surface area (Å²) in [7, 11) is -3.62. The lowest BCUT2D eigenvalue weighted by molar-refractivity contribution is 0.356. The predicted molar refractivity (Wildman–Crippen MR) is 82.7 cm³/mol. The molecule has 2 heterocycles. The number of aryl methyl sites for hydroxylation is 2. The Hall–Kier alpha value is -2.08. The van der Waals surface area contributed by atoms with Crippen molar-refractivity contribution in [2.75, 3.05) is 11.3 Å². The smallest absolute Gasteiger partial charge is 0.262 e. The van der Waals surface area contributed by atoms with E-state index in [2.05, 4.69) is 9.71 Å². The molecule has 4 rings (SSSR count). The number of benzene rings is 1. The summed E-state index contributed by atoms with van der Waals surface area (Å²) < 4.78 is 33.1. The molecular formula is C16H16N2O3S. The van der Waals surface area contributed by atoms with Crippen LogP contribution in [-0.2, 0) is 29.3 Å². The molecular weight excluding hydrogens is 300 g/mol. The fraction of sp³-hybridized carbons (Fsp3) is 0.312. The lowest BCUT2D eigenvalue weighted by Gasteiger charge is -2.10. The van der Waals surface area contributed by atoms with Crippen LogP contribution >= 0.6 is 0 Å². The van der Waals surface area contributed by atoms with E-state index in [4.69, 9.17) is 4.74 Å². The summed E-state index contributed by atoms with van der Waals surface area (Å²) in [6.07, 6.45) is 5.44. The normalized spacial score (nSPS) is 16.0. The van der Waals surface area contributed by atoms with Crippen molar-refractivity contribution in [1.82, 2.24) is 4.98 Å². The lowest BCUT2D eigenvalue weighted by Crippen LogP contribution is -2.13. The minimum absolute atomic E-state index is 0.216. The minimum Gasteiger partial charge on any atom is -0.493 e. The largest absolute Gasteiger partial charge is 0.493 e. The maximum atomic E-state index is 12.5. The summed E-state index contributed by atoms with van der Waals surface area (Å²) in [6.45, 7) is 0.612. The summed E-state index contributed by atoms with van der Waals surface area (Å²) in [4.78, 5) is 4.56. The van der Waals surface area contributed by atoms with Crippen molar-refractivity contribution in [3.63, 3.8) is 0 Å². The number of anilines is 1. The van der Waals surface area contributed by atoms with Gasteiger partial charge in [0.05, 0.1) is 23.4 Å². The number of rotatable bonds is 3. The van der Waals surface area contributed by atoms with Gasteiger partial charge in [0.2, 0.25) is 0 Å². The fourth-order valence-electron chi connectivity index (χ4n) is 3.01. The Labute approximate surface area is 129 Å². The molecule has 0 spiro atoms. The molecule has 0 atom stereocenters. The van der Waals surface area contributed by atoms with Crippen LogP contribution in [-0.4, -0.2) is 20.0 Å². The second-order valence-electron chi connectivity index (χ2n) is 5.66. The molecule has 1 aliphatic heterocycles. The molecule has 0 saturated heterocycles. The zero-order valence-corrected chi connectivity index (χ0v) is 12.8. The molecule has 1 aromatic carbocycles. The highest BCUT2D eigenvalue weighted by Gasteiger charge is 2.20. The highest BCUT2D eigenvalue weighted by atomic mass is 32.2. The third-order valence-electron chi connectivity index (χ3n) is 4.15. The second-order valence-corrected chi connectivity index (χ2v) is 7.34. The number of nitrogens with one attached hydrogen (secondary N) is 1. The number of nitrogens with zero attached hydrogens (tertiary/aromatic N) is 1. The van der Waals surface area contributed by atoms with E-state index < -0.39 is 10.0 Å². The van der Waals surface area contributed by atoms with Gasteiger partial charge in [-0.25, -0.2) is 8.42 Å². The molecule has 0 bridgehead atoms. The first-order valence-electron chi connectivity index (χ1n) is 7.38. The van der Waals surface area contributed by atoms with Gasteiger partial charge in [0.15, 0.2) is 0 Å². The Bertz CT molecular complexity index is 846. The Kier molecular flexibility index (Phi) is 3.07. The highest BCUT2D eigenvalue weighted by molar-refractivity contribution is 7.92. The van der Waals surface area contributed by atoms with Crippen LogP contribution in [0.4, 0.5) is 5.69 Å². The van der Waals surface area contributed by atoms with E-state index in [1.54, 1.807) is 18.3 Å². The monoisotopic (exact) mass is 316 g/mol. The van der Waals surface area contributed by atoms with E-state index in [0.29, 0.717) is 18.0 Å². The third-order valence-corrected chi connectivity index (χ3v) is 5.53. The number of fused-ring (bicyclic) bond motifs is 2.